The van der Waals surface area contributed by atoms with E-state index in [1.165, 1.54) is 36.4 Å². The molecule has 10 aromatic rings. The van der Waals surface area contributed by atoms with Gasteiger partial charge >= 0.3 is 24.7 Å². The summed E-state index contributed by atoms with van der Waals surface area (Å²) >= 11 is 0. The molecule has 0 aliphatic rings. The Balaban J connectivity index is 1.24. The predicted molar refractivity (Wildman–Crippen MR) is 234 cm³/mol. The molecule has 0 aliphatic carbocycles. The lowest BCUT2D eigenvalue weighted by molar-refractivity contribution is -0.144. The first kappa shape index (κ1) is 43.8. The van der Waals surface area contributed by atoms with Gasteiger partial charge in [-0.1, -0.05) is 60.7 Å². The van der Waals surface area contributed by atoms with Crippen LogP contribution in [0.3, 0.4) is 0 Å². The van der Waals surface area contributed by atoms with Gasteiger partial charge in [-0.05, 0) is 118 Å². The molecule has 0 amide bonds. The number of fused-ring (bicyclic) bond motifs is 6. The standard InChI is InChI=1S/C52H26F12N4/c53-49(54,55)32-11-13-34(41(25-32)51(59,60)61)29-9-15-45-38(21-29)36-5-1-3-7-43(36)67(45)47-23-31(28-17-19-66-20-18-28)24-48(40(47)27-65)68-44-8-4-2-6-37(44)39-22-30(10-16-46(39)68)35-14-12-33(50(56,57)58)26-42(35)52(62,63)64/h1-26H. The second-order valence-corrected chi connectivity index (χ2v) is 15.9. The Morgan fingerprint density at radius 2 is 0.794 bits per heavy atom. The summed E-state index contributed by atoms with van der Waals surface area (Å²) in [5.74, 6) is 0. The largest absolute Gasteiger partial charge is 0.417 e. The third-order valence-electron chi connectivity index (χ3n) is 12.0. The molecule has 68 heavy (non-hydrogen) atoms. The van der Waals surface area contributed by atoms with Crippen molar-refractivity contribution >= 4 is 43.6 Å². The van der Waals surface area contributed by atoms with Gasteiger partial charge in [0.2, 0.25) is 0 Å². The van der Waals surface area contributed by atoms with Crippen molar-refractivity contribution in [3.63, 3.8) is 0 Å². The molecule has 3 aromatic heterocycles. The lowest BCUT2D eigenvalue weighted by Crippen LogP contribution is -2.12. The minimum absolute atomic E-state index is 0.0171. The minimum Gasteiger partial charge on any atom is -0.308 e. The van der Waals surface area contributed by atoms with Gasteiger partial charge in [-0.15, -0.1) is 0 Å². The maximum atomic E-state index is 14.4. The van der Waals surface area contributed by atoms with Crippen LogP contribution in [0.25, 0.3) is 88.4 Å². The van der Waals surface area contributed by atoms with Crippen LogP contribution in [0, 0.1) is 11.3 Å². The Morgan fingerprint density at radius 1 is 0.382 bits per heavy atom. The third kappa shape index (κ3) is 7.34. The van der Waals surface area contributed by atoms with Crippen molar-refractivity contribution in [2.24, 2.45) is 0 Å². The molecule has 0 spiro atoms. The van der Waals surface area contributed by atoms with E-state index in [1.807, 2.05) is 0 Å². The fraction of sp³-hybridized carbons (Fsp3) is 0.0769. The molecule has 0 saturated carbocycles. The normalized spacial score (nSPS) is 12.7. The molecule has 0 aliphatic heterocycles. The first-order valence-electron chi connectivity index (χ1n) is 20.4. The van der Waals surface area contributed by atoms with Gasteiger partial charge in [0.25, 0.3) is 0 Å². The maximum Gasteiger partial charge on any atom is 0.417 e. The molecule has 10 rings (SSSR count). The van der Waals surface area contributed by atoms with Crippen LogP contribution in [0.4, 0.5) is 52.7 Å². The summed E-state index contributed by atoms with van der Waals surface area (Å²) in [5, 5.41) is 13.1. The average Bonchev–Trinajstić information content (AvgIpc) is 3.82. The van der Waals surface area contributed by atoms with E-state index in [4.69, 9.17) is 0 Å². The number of rotatable bonds is 5. The zero-order valence-electron chi connectivity index (χ0n) is 34.3. The van der Waals surface area contributed by atoms with Gasteiger partial charge in [0, 0.05) is 33.9 Å². The summed E-state index contributed by atoms with van der Waals surface area (Å²) in [6, 6.07) is 34.7. The van der Waals surface area contributed by atoms with E-state index in [1.54, 1.807) is 94.3 Å². The fourth-order valence-electron chi connectivity index (χ4n) is 9.00. The smallest absolute Gasteiger partial charge is 0.308 e. The topological polar surface area (TPSA) is 46.5 Å². The molecule has 3 heterocycles. The van der Waals surface area contributed by atoms with E-state index < -0.39 is 58.1 Å². The van der Waals surface area contributed by atoms with E-state index in [0.717, 1.165) is 12.1 Å². The maximum absolute atomic E-state index is 14.4. The van der Waals surface area contributed by atoms with Crippen molar-refractivity contribution in [3.05, 3.63) is 186 Å². The van der Waals surface area contributed by atoms with Crippen LogP contribution in [0.15, 0.2) is 158 Å². The molecule has 0 atom stereocenters. The molecule has 4 nitrogen and oxygen atoms in total. The van der Waals surface area contributed by atoms with Crippen molar-refractivity contribution in [3.8, 4) is 50.8 Å². The summed E-state index contributed by atoms with van der Waals surface area (Å²) in [4.78, 5) is 4.14. The van der Waals surface area contributed by atoms with E-state index in [2.05, 4.69) is 11.1 Å². The Morgan fingerprint density at radius 3 is 1.19 bits per heavy atom. The van der Waals surface area contributed by atoms with Crippen LogP contribution in [-0.4, -0.2) is 14.1 Å². The number of halogens is 12. The number of pyridine rings is 1. The Labute approximate surface area is 376 Å². The number of para-hydroxylation sites is 2. The van der Waals surface area contributed by atoms with Crippen LogP contribution in [-0.2, 0) is 24.7 Å². The van der Waals surface area contributed by atoms with Gasteiger partial charge in [0.1, 0.15) is 11.6 Å². The first-order valence-corrected chi connectivity index (χ1v) is 20.4. The molecule has 0 unspecified atom stereocenters. The summed E-state index contributed by atoms with van der Waals surface area (Å²) in [6.07, 6.45) is -17.2. The van der Waals surface area contributed by atoms with Crippen molar-refractivity contribution < 1.29 is 52.7 Å². The minimum atomic E-state index is -5.15. The SMILES string of the molecule is N#Cc1c(-n2c3ccccc3c3cc(-c4ccc(C(F)(F)F)cc4C(F)(F)F)ccc32)cc(-c2ccncc2)cc1-n1c2ccccc2c2cc(-c3ccc(C(F)(F)F)cc3C(F)(F)F)ccc21. The monoisotopic (exact) mass is 934 g/mol. The van der Waals surface area contributed by atoms with E-state index in [9.17, 15) is 57.9 Å². The summed E-state index contributed by atoms with van der Waals surface area (Å²) in [6.45, 7) is 0. The van der Waals surface area contributed by atoms with E-state index in [-0.39, 0.29) is 28.8 Å². The van der Waals surface area contributed by atoms with Crippen LogP contribution in [0.1, 0.15) is 27.8 Å². The number of aromatic nitrogens is 3. The highest BCUT2D eigenvalue weighted by Gasteiger charge is 2.40. The highest BCUT2D eigenvalue weighted by molar-refractivity contribution is 6.12. The van der Waals surface area contributed by atoms with Crippen molar-refractivity contribution in [2.75, 3.05) is 0 Å². The van der Waals surface area contributed by atoms with Gasteiger partial charge in [-0.2, -0.15) is 57.9 Å². The Kier molecular flexibility index (Phi) is 9.99. The second-order valence-electron chi connectivity index (χ2n) is 15.9. The molecule has 338 valence electrons. The fourth-order valence-corrected chi connectivity index (χ4v) is 9.00. The zero-order valence-corrected chi connectivity index (χ0v) is 34.3. The number of nitrogens with zero attached hydrogens (tertiary/aromatic N) is 4. The second kappa shape index (κ2) is 15.5. The van der Waals surface area contributed by atoms with Crippen molar-refractivity contribution in [2.45, 2.75) is 24.7 Å². The molecule has 0 N–H and O–H groups in total. The molecule has 0 saturated heterocycles. The molecule has 0 bridgehead atoms. The van der Waals surface area contributed by atoms with Crippen LogP contribution < -0.4 is 0 Å². The Hall–Kier alpha value is -8.06. The van der Waals surface area contributed by atoms with Gasteiger partial charge in [0.15, 0.2) is 0 Å². The number of nitriles is 1. The van der Waals surface area contributed by atoms with E-state index in [0.29, 0.717) is 78.2 Å². The highest BCUT2D eigenvalue weighted by atomic mass is 19.4. The zero-order chi connectivity index (χ0) is 48.1. The lowest BCUT2D eigenvalue weighted by Gasteiger charge is -2.19. The number of hydrogen-bond donors (Lipinski definition) is 0. The molecule has 0 fully saturated rings. The summed E-state index contributed by atoms with van der Waals surface area (Å²) < 4.78 is 172. The molecule has 16 heteroatoms. The molecular formula is C52H26F12N4. The van der Waals surface area contributed by atoms with Crippen LogP contribution >= 0.6 is 0 Å². The first-order chi connectivity index (χ1) is 32.2. The molecule has 7 aromatic carbocycles. The van der Waals surface area contributed by atoms with Crippen LogP contribution in [0.5, 0.6) is 0 Å². The summed E-state index contributed by atoms with van der Waals surface area (Å²) in [5.41, 5.74) is -3.06. The van der Waals surface area contributed by atoms with E-state index >= 15 is 0 Å². The molecular weight excluding hydrogens is 909 g/mol. The van der Waals surface area contributed by atoms with Crippen molar-refractivity contribution in [1.29, 1.82) is 5.26 Å². The van der Waals surface area contributed by atoms with Gasteiger partial charge in [-0.3, -0.25) is 4.98 Å². The quantitative estimate of drug-likeness (QED) is 0.161. The number of benzene rings is 7. The highest BCUT2D eigenvalue weighted by Crippen LogP contribution is 2.46. The van der Waals surface area contributed by atoms with Crippen molar-refractivity contribution in [1.82, 2.24) is 14.1 Å². The van der Waals surface area contributed by atoms with Gasteiger partial charge in [-0.25, -0.2) is 0 Å². The average molecular weight is 935 g/mol. The number of hydrogen-bond acceptors (Lipinski definition) is 2. The Bertz CT molecular complexity index is 3480. The predicted octanol–water partition coefficient (Wildman–Crippen LogP) is 16.2. The lowest BCUT2D eigenvalue weighted by atomic mass is 9.95. The van der Waals surface area contributed by atoms with Gasteiger partial charge in [0.05, 0.1) is 55.7 Å². The van der Waals surface area contributed by atoms with Gasteiger partial charge < -0.3 is 9.13 Å². The molecule has 0 radical (unpaired) electrons. The van der Waals surface area contributed by atoms with Crippen LogP contribution in [0.2, 0.25) is 0 Å². The number of alkyl halides is 12. The summed E-state index contributed by atoms with van der Waals surface area (Å²) in [7, 11) is 0. The third-order valence-corrected chi connectivity index (χ3v) is 12.0.